The van der Waals surface area contributed by atoms with Gasteiger partial charge in [0.1, 0.15) is 0 Å². The van der Waals surface area contributed by atoms with Crippen LogP contribution in [0.4, 0.5) is 0 Å². The molecule has 47 valence electrons. The lowest BCUT2D eigenvalue weighted by molar-refractivity contribution is 0.560. The molecule has 0 fully saturated rings. The van der Waals surface area contributed by atoms with Crippen molar-refractivity contribution in [3.8, 4) is 0 Å². The molecule has 1 radical (unpaired) electrons. The van der Waals surface area contributed by atoms with E-state index in [2.05, 4.69) is 4.37 Å². The predicted molar refractivity (Wildman–Crippen MR) is 38.5 cm³/mol. The van der Waals surface area contributed by atoms with Crippen LogP contribution >= 0.6 is 23.3 Å². The summed E-state index contributed by atoms with van der Waals surface area (Å²) in [6, 6.07) is 1.88. The van der Waals surface area contributed by atoms with E-state index in [-0.39, 0.29) is 0 Å². The van der Waals surface area contributed by atoms with Gasteiger partial charge in [-0.1, -0.05) is 0 Å². The third kappa shape index (κ3) is 2.15. The first-order chi connectivity index (χ1) is 4.43. The molecule has 1 heterocycles. The number of carbonyl (C=O) groups excluding carboxylic acids is 1. The zero-order valence-electron chi connectivity index (χ0n) is 4.53. The van der Waals surface area contributed by atoms with Gasteiger partial charge in [0, 0.05) is 6.20 Å². The third-order valence-electron chi connectivity index (χ3n) is 0.688. The van der Waals surface area contributed by atoms with Crippen molar-refractivity contribution >= 4 is 29.6 Å². The Hall–Kier alpha value is -0.350. The zero-order chi connectivity index (χ0) is 6.53. The van der Waals surface area contributed by atoms with E-state index in [0.717, 1.165) is 4.21 Å². The molecule has 0 N–H and O–H groups in total. The highest BCUT2D eigenvalue weighted by Crippen LogP contribution is 2.19. The highest BCUT2D eigenvalue weighted by atomic mass is 32.2. The molecular formula is C5H4NOS2. The predicted octanol–water partition coefficient (Wildman–Crippen LogP) is 1.34. The number of rotatable bonds is 3. The lowest BCUT2D eigenvalue weighted by Crippen LogP contribution is -1.73. The molecule has 1 aromatic heterocycles. The van der Waals surface area contributed by atoms with Gasteiger partial charge < -0.3 is 0 Å². The Labute approximate surface area is 61.4 Å². The van der Waals surface area contributed by atoms with Crippen LogP contribution in [0.15, 0.2) is 16.5 Å². The molecule has 0 saturated heterocycles. The van der Waals surface area contributed by atoms with E-state index < -0.39 is 0 Å². The first-order valence-corrected chi connectivity index (χ1v) is 4.08. The molecule has 0 atom stereocenters. The molecule has 0 spiro atoms. The highest BCUT2D eigenvalue weighted by Gasteiger charge is 1.92. The van der Waals surface area contributed by atoms with Crippen LogP contribution in [0.5, 0.6) is 0 Å². The van der Waals surface area contributed by atoms with Crippen LogP contribution in [-0.2, 0) is 4.79 Å². The quantitative estimate of drug-likeness (QED) is 0.622. The summed E-state index contributed by atoms with van der Waals surface area (Å²) < 4.78 is 4.93. The molecule has 4 heteroatoms. The van der Waals surface area contributed by atoms with Crippen molar-refractivity contribution in [2.24, 2.45) is 0 Å². The fourth-order valence-corrected chi connectivity index (χ4v) is 1.60. The Morgan fingerprint density at radius 1 is 1.89 bits per heavy atom. The Kier molecular flexibility index (Phi) is 2.73. The van der Waals surface area contributed by atoms with Crippen molar-refractivity contribution < 1.29 is 4.79 Å². The normalized spacial score (nSPS) is 9.33. The monoisotopic (exact) mass is 158 g/mol. The molecule has 0 aliphatic carbocycles. The number of thioether (sulfide) groups is 1. The Morgan fingerprint density at radius 3 is 3.33 bits per heavy atom. The molecule has 0 bridgehead atoms. The van der Waals surface area contributed by atoms with Crippen LogP contribution in [0.1, 0.15) is 0 Å². The van der Waals surface area contributed by atoms with Gasteiger partial charge in [0.25, 0.3) is 0 Å². The first-order valence-electron chi connectivity index (χ1n) is 2.32. The van der Waals surface area contributed by atoms with Crippen molar-refractivity contribution in [3.63, 3.8) is 0 Å². The lowest BCUT2D eigenvalue weighted by Gasteiger charge is -1.83. The molecule has 1 aromatic rings. The maximum atomic E-state index is 9.74. The van der Waals surface area contributed by atoms with Gasteiger partial charge in [-0.05, 0) is 17.6 Å². The van der Waals surface area contributed by atoms with Crippen LogP contribution in [0.3, 0.4) is 0 Å². The summed E-state index contributed by atoms with van der Waals surface area (Å²) >= 11 is 2.86. The van der Waals surface area contributed by atoms with Gasteiger partial charge in [-0.3, -0.25) is 4.79 Å². The Bertz CT molecular complexity index is 173. The van der Waals surface area contributed by atoms with Gasteiger partial charge in [-0.15, -0.1) is 11.8 Å². The van der Waals surface area contributed by atoms with Crippen molar-refractivity contribution in [2.75, 3.05) is 5.75 Å². The van der Waals surface area contributed by atoms with Crippen molar-refractivity contribution in [2.45, 2.75) is 4.21 Å². The van der Waals surface area contributed by atoms with E-state index in [9.17, 15) is 4.79 Å². The summed E-state index contributed by atoms with van der Waals surface area (Å²) in [4.78, 5) is 9.74. The summed E-state index contributed by atoms with van der Waals surface area (Å²) in [6.45, 7) is 0. The van der Waals surface area contributed by atoms with Crippen LogP contribution in [0, 0.1) is 0 Å². The minimum atomic E-state index is 0.405. The number of hydrogen-bond donors (Lipinski definition) is 0. The first kappa shape index (κ1) is 6.77. The second-order valence-electron chi connectivity index (χ2n) is 1.26. The van der Waals surface area contributed by atoms with E-state index >= 15 is 0 Å². The molecule has 0 amide bonds. The molecular weight excluding hydrogens is 154 g/mol. The van der Waals surface area contributed by atoms with Crippen molar-refractivity contribution in [1.29, 1.82) is 0 Å². The van der Waals surface area contributed by atoms with Crippen molar-refractivity contribution in [1.82, 2.24) is 4.37 Å². The Balaban J connectivity index is 2.38. The van der Waals surface area contributed by atoms with Gasteiger partial charge in [0.15, 0.2) is 0 Å². The summed E-state index contributed by atoms with van der Waals surface area (Å²) in [6.07, 6.45) is 3.52. The smallest absolute Gasteiger partial charge is 0.209 e. The van der Waals surface area contributed by atoms with Gasteiger partial charge in [-0.2, -0.15) is 0 Å². The van der Waals surface area contributed by atoms with E-state index in [1.54, 1.807) is 12.5 Å². The van der Waals surface area contributed by atoms with E-state index in [1.807, 2.05) is 6.07 Å². The minimum Gasteiger partial charge on any atom is -0.290 e. The highest BCUT2D eigenvalue weighted by molar-refractivity contribution is 8.01. The van der Waals surface area contributed by atoms with Crippen LogP contribution in [-0.4, -0.2) is 16.4 Å². The van der Waals surface area contributed by atoms with Gasteiger partial charge in [-0.25, -0.2) is 4.37 Å². The van der Waals surface area contributed by atoms with E-state index in [0.29, 0.717) is 5.75 Å². The third-order valence-corrected chi connectivity index (χ3v) is 2.49. The summed E-state index contributed by atoms with van der Waals surface area (Å²) in [5, 5.41) is 0. The lowest BCUT2D eigenvalue weighted by atomic mass is 10.8. The van der Waals surface area contributed by atoms with Crippen LogP contribution in [0.25, 0.3) is 0 Å². The average Bonchev–Trinajstić information content (AvgIpc) is 2.34. The fourth-order valence-electron chi connectivity index (χ4n) is 0.379. The largest absolute Gasteiger partial charge is 0.290 e. The fraction of sp³-hybridized carbons (Fsp3) is 0.200. The SMILES string of the molecule is O=[C]CSc1ccns1. The molecule has 1 rings (SSSR count). The number of hydrogen-bond acceptors (Lipinski definition) is 4. The number of nitrogens with zero attached hydrogens (tertiary/aromatic N) is 1. The molecule has 0 aliphatic rings. The summed E-state index contributed by atoms with van der Waals surface area (Å²) in [5.74, 6) is 0.405. The number of aromatic nitrogens is 1. The molecule has 0 saturated carbocycles. The molecule has 0 aliphatic heterocycles. The Morgan fingerprint density at radius 2 is 2.78 bits per heavy atom. The van der Waals surface area contributed by atoms with Crippen LogP contribution in [0.2, 0.25) is 0 Å². The summed E-state index contributed by atoms with van der Waals surface area (Å²) in [7, 11) is 0. The van der Waals surface area contributed by atoms with E-state index in [4.69, 9.17) is 0 Å². The second-order valence-corrected chi connectivity index (χ2v) is 3.37. The molecule has 2 nitrogen and oxygen atoms in total. The molecule has 0 aromatic carbocycles. The minimum absolute atomic E-state index is 0.405. The van der Waals surface area contributed by atoms with Crippen molar-refractivity contribution in [3.05, 3.63) is 12.3 Å². The average molecular weight is 158 g/mol. The molecule has 0 unspecified atom stereocenters. The van der Waals surface area contributed by atoms with Crippen LogP contribution < -0.4 is 0 Å². The van der Waals surface area contributed by atoms with E-state index in [1.165, 1.54) is 23.3 Å². The van der Waals surface area contributed by atoms with Gasteiger partial charge >= 0.3 is 0 Å². The zero-order valence-corrected chi connectivity index (χ0v) is 6.17. The topological polar surface area (TPSA) is 30.0 Å². The molecule has 9 heavy (non-hydrogen) atoms. The van der Waals surface area contributed by atoms with Gasteiger partial charge in [0.2, 0.25) is 6.29 Å². The maximum absolute atomic E-state index is 9.74. The standard InChI is InChI=1S/C5H4NOS2/c7-3-4-8-5-1-2-6-9-5/h1-2H,4H2. The van der Waals surface area contributed by atoms with Gasteiger partial charge in [0.05, 0.1) is 9.96 Å². The summed E-state index contributed by atoms with van der Waals surface area (Å²) in [5.41, 5.74) is 0. The second kappa shape index (κ2) is 3.63. The maximum Gasteiger partial charge on any atom is 0.209 e.